The lowest BCUT2D eigenvalue weighted by molar-refractivity contribution is 0.641. The van der Waals surface area contributed by atoms with E-state index in [0.717, 1.165) is 6.42 Å². The van der Waals surface area contributed by atoms with Gasteiger partial charge in [-0.2, -0.15) is 0 Å². The zero-order chi connectivity index (χ0) is 9.68. The van der Waals surface area contributed by atoms with Gasteiger partial charge in [0.2, 0.25) is 0 Å². The van der Waals surface area contributed by atoms with E-state index in [0.29, 0.717) is 6.42 Å². The summed E-state index contributed by atoms with van der Waals surface area (Å²) in [4.78, 5) is 0. The quantitative estimate of drug-likeness (QED) is 0.517. The molecule has 1 rings (SSSR count). The standard InChI is InChI=1S/C10H14F2Si/c1-9-4-2-5-10(8-9)6-3-7-13(11)12/h2,4-5,8,13H,3,6-7H2,1H3. The van der Waals surface area contributed by atoms with Crippen LogP contribution in [0.15, 0.2) is 24.3 Å². The van der Waals surface area contributed by atoms with Crippen molar-refractivity contribution in [3.8, 4) is 0 Å². The van der Waals surface area contributed by atoms with Crippen molar-refractivity contribution in [2.75, 3.05) is 0 Å². The van der Waals surface area contributed by atoms with E-state index >= 15 is 0 Å². The van der Waals surface area contributed by atoms with E-state index < -0.39 is 9.46 Å². The fourth-order valence-corrected chi connectivity index (χ4v) is 1.84. The predicted octanol–water partition coefficient (Wildman–Crippen LogP) is 3.09. The molecule has 0 aromatic heterocycles. The van der Waals surface area contributed by atoms with Crippen LogP contribution in [0.2, 0.25) is 6.04 Å². The Morgan fingerprint density at radius 3 is 2.69 bits per heavy atom. The van der Waals surface area contributed by atoms with Gasteiger partial charge in [0, 0.05) is 0 Å². The number of hydrogen-bond donors (Lipinski definition) is 0. The number of aryl methyl sites for hydroxylation is 2. The van der Waals surface area contributed by atoms with Crippen molar-refractivity contribution < 1.29 is 8.22 Å². The lowest BCUT2D eigenvalue weighted by Crippen LogP contribution is -1.96. The Morgan fingerprint density at radius 1 is 1.31 bits per heavy atom. The van der Waals surface area contributed by atoms with E-state index in [4.69, 9.17) is 0 Å². The molecular formula is C10H14F2Si. The molecule has 0 amide bonds. The Morgan fingerprint density at radius 2 is 2.08 bits per heavy atom. The molecule has 0 saturated carbocycles. The molecule has 13 heavy (non-hydrogen) atoms. The summed E-state index contributed by atoms with van der Waals surface area (Å²) in [5.74, 6) is 0. The first-order valence-corrected chi connectivity index (χ1v) is 6.21. The van der Waals surface area contributed by atoms with Crippen molar-refractivity contribution >= 4 is 9.46 Å². The van der Waals surface area contributed by atoms with Crippen LogP contribution in [0.1, 0.15) is 17.5 Å². The Hall–Kier alpha value is -0.703. The fraction of sp³-hybridized carbons (Fsp3) is 0.400. The largest absolute Gasteiger partial charge is 0.411 e. The van der Waals surface area contributed by atoms with Crippen LogP contribution in [-0.4, -0.2) is 9.46 Å². The lowest BCUT2D eigenvalue weighted by atomic mass is 10.1. The van der Waals surface area contributed by atoms with Gasteiger partial charge in [-0.1, -0.05) is 29.8 Å². The maximum absolute atomic E-state index is 12.0. The smallest absolute Gasteiger partial charge is 0.275 e. The van der Waals surface area contributed by atoms with E-state index in [9.17, 15) is 8.22 Å². The van der Waals surface area contributed by atoms with Crippen LogP contribution in [0.3, 0.4) is 0 Å². The lowest BCUT2D eigenvalue weighted by Gasteiger charge is -2.01. The highest BCUT2D eigenvalue weighted by molar-refractivity contribution is 6.42. The molecule has 0 aliphatic rings. The second-order valence-corrected chi connectivity index (χ2v) is 4.63. The van der Waals surface area contributed by atoms with Gasteiger partial charge in [-0.3, -0.25) is 8.22 Å². The normalized spacial score (nSPS) is 10.8. The second kappa shape index (κ2) is 5.12. The molecular weight excluding hydrogens is 186 g/mol. The molecule has 72 valence electrons. The average Bonchev–Trinajstić information content (AvgIpc) is 2.03. The zero-order valence-corrected chi connectivity index (χ0v) is 8.92. The highest BCUT2D eigenvalue weighted by atomic mass is 28.4. The van der Waals surface area contributed by atoms with Gasteiger partial charge in [-0.05, 0) is 31.4 Å². The Kier molecular flexibility index (Phi) is 4.09. The highest BCUT2D eigenvalue weighted by Crippen LogP contribution is 2.09. The SMILES string of the molecule is Cc1cccc(CCC[SiH](F)F)c1. The summed E-state index contributed by atoms with van der Waals surface area (Å²) in [7, 11) is -3.32. The maximum Gasteiger partial charge on any atom is 0.411 e. The van der Waals surface area contributed by atoms with Crippen LogP contribution in [0.25, 0.3) is 0 Å². The zero-order valence-electron chi connectivity index (χ0n) is 7.76. The average molecular weight is 200 g/mol. The number of benzene rings is 1. The molecule has 0 aliphatic carbocycles. The van der Waals surface area contributed by atoms with Crippen LogP contribution in [0, 0.1) is 6.92 Å². The number of rotatable bonds is 4. The monoisotopic (exact) mass is 200 g/mol. The number of hydrogen-bond acceptors (Lipinski definition) is 0. The van der Waals surface area contributed by atoms with Crippen LogP contribution >= 0.6 is 0 Å². The molecule has 0 heterocycles. The van der Waals surface area contributed by atoms with E-state index in [-0.39, 0.29) is 6.04 Å². The second-order valence-electron chi connectivity index (χ2n) is 3.27. The minimum atomic E-state index is -3.32. The topological polar surface area (TPSA) is 0 Å². The van der Waals surface area contributed by atoms with E-state index in [1.807, 2.05) is 25.1 Å². The molecule has 0 nitrogen and oxygen atoms in total. The Balaban J connectivity index is 2.37. The van der Waals surface area contributed by atoms with Gasteiger partial charge in [0.25, 0.3) is 0 Å². The first kappa shape index (κ1) is 10.4. The summed E-state index contributed by atoms with van der Waals surface area (Å²) >= 11 is 0. The fourth-order valence-electron chi connectivity index (χ4n) is 1.33. The van der Waals surface area contributed by atoms with Crippen molar-refractivity contribution in [2.45, 2.75) is 25.8 Å². The first-order chi connectivity index (χ1) is 6.18. The minimum absolute atomic E-state index is 0.147. The molecule has 0 bridgehead atoms. The third-order valence-corrected chi connectivity index (χ3v) is 2.81. The number of halogens is 2. The van der Waals surface area contributed by atoms with Gasteiger partial charge in [0.05, 0.1) is 0 Å². The molecule has 0 unspecified atom stereocenters. The molecule has 0 fully saturated rings. The molecule has 0 atom stereocenters. The molecule has 0 spiro atoms. The molecule has 0 saturated heterocycles. The summed E-state index contributed by atoms with van der Waals surface area (Å²) < 4.78 is 23.9. The third kappa shape index (κ3) is 4.17. The van der Waals surface area contributed by atoms with E-state index in [2.05, 4.69) is 6.07 Å². The predicted molar refractivity (Wildman–Crippen MR) is 53.7 cm³/mol. The van der Waals surface area contributed by atoms with Crippen LogP contribution in [0.4, 0.5) is 8.22 Å². The third-order valence-electron chi connectivity index (χ3n) is 1.97. The van der Waals surface area contributed by atoms with Crippen LogP contribution in [0.5, 0.6) is 0 Å². The van der Waals surface area contributed by atoms with Gasteiger partial charge in [-0.15, -0.1) is 0 Å². The summed E-state index contributed by atoms with van der Waals surface area (Å²) in [6.45, 7) is 2.02. The molecule has 0 radical (unpaired) electrons. The Bertz CT molecular complexity index is 261. The van der Waals surface area contributed by atoms with E-state index in [1.165, 1.54) is 11.1 Å². The van der Waals surface area contributed by atoms with Crippen LogP contribution in [-0.2, 0) is 6.42 Å². The summed E-state index contributed by atoms with van der Waals surface area (Å²) in [6.07, 6.45) is 1.42. The molecule has 0 aliphatic heterocycles. The summed E-state index contributed by atoms with van der Waals surface area (Å²) in [5, 5.41) is 0. The maximum atomic E-state index is 12.0. The highest BCUT2D eigenvalue weighted by Gasteiger charge is 2.05. The molecule has 1 aromatic carbocycles. The van der Waals surface area contributed by atoms with Crippen molar-refractivity contribution in [3.05, 3.63) is 35.4 Å². The molecule has 3 heteroatoms. The van der Waals surface area contributed by atoms with Crippen molar-refractivity contribution in [3.63, 3.8) is 0 Å². The minimum Gasteiger partial charge on any atom is -0.275 e. The first-order valence-electron chi connectivity index (χ1n) is 4.52. The molecule has 0 N–H and O–H groups in total. The van der Waals surface area contributed by atoms with Gasteiger partial charge in [0.1, 0.15) is 0 Å². The molecule has 1 aromatic rings. The summed E-state index contributed by atoms with van der Waals surface area (Å²) in [6, 6.07) is 8.21. The van der Waals surface area contributed by atoms with Gasteiger partial charge in [-0.25, -0.2) is 0 Å². The van der Waals surface area contributed by atoms with Gasteiger partial charge in [0.15, 0.2) is 0 Å². The van der Waals surface area contributed by atoms with Gasteiger partial charge < -0.3 is 0 Å². The Labute approximate surface area is 79.5 Å². The van der Waals surface area contributed by atoms with Crippen molar-refractivity contribution in [1.29, 1.82) is 0 Å². The van der Waals surface area contributed by atoms with Crippen molar-refractivity contribution in [1.82, 2.24) is 0 Å². The van der Waals surface area contributed by atoms with Crippen LogP contribution < -0.4 is 0 Å². The van der Waals surface area contributed by atoms with E-state index in [1.54, 1.807) is 0 Å². The van der Waals surface area contributed by atoms with Crippen molar-refractivity contribution in [2.24, 2.45) is 0 Å². The summed E-state index contributed by atoms with van der Waals surface area (Å²) in [5.41, 5.74) is 2.38. The van der Waals surface area contributed by atoms with Gasteiger partial charge >= 0.3 is 9.46 Å².